The summed E-state index contributed by atoms with van der Waals surface area (Å²) in [5.74, 6) is 0.734. The number of allylic oxidation sites excluding steroid dienone is 1. The number of ether oxygens (including phenoxy) is 2. The first-order valence-electron chi connectivity index (χ1n) is 10.8. The quantitative estimate of drug-likeness (QED) is 0.636. The summed E-state index contributed by atoms with van der Waals surface area (Å²) in [6.07, 6.45) is 8.51. The Labute approximate surface area is 191 Å². The molecule has 3 aliphatic rings. The number of sulfonamides is 1. The van der Waals surface area contributed by atoms with Crippen LogP contribution in [-0.4, -0.2) is 48.2 Å². The molecule has 2 unspecified atom stereocenters. The van der Waals surface area contributed by atoms with Crippen molar-refractivity contribution in [3.8, 4) is 0 Å². The van der Waals surface area contributed by atoms with Gasteiger partial charge in [-0.05, 0) is 42.3 Å². The Morgan fingerprint density at radius 1 is 1.09 bits per heavy atom. The highest BCUT2D eigenvalue weighted by molar-refractivity contribution is 7.93. The van der Waals surface area contributed by atoms with Gasteiger partial charge in [-0.2, -0.15) is 4.31 Å². The monoisotopic (exact) mass is 462 g/mol. The average Bonchev–Trinajstić information content (AvgIpc) is 3.32. The fourth-order valence-corrected chi connectivity index (χ4v) is 5.97. The molecule has 1 aliphatic carbocycles. The predicted molar refractivity (Wildman–Crippen MR) is 124 cm³/mol. The third-order valence-corrected chi connectivity index (χ3v) is 8.08. The van der Waals surface area contributed by atoms with Crippen LogP contribution in [0.2, 0.25) is 0 Å². The van der Waals surface area contributed by atoms with Gasteiger partial charge in [0.25, 0.3) is 0 Å². The van der Waals surface area contributed by atoms with Gasteiger partial charge in [-0.15, -0.1) is 0 Å². The molecular formula is C24H22N4O4S. The summed E-state index contributed by atoms with van der Waals surface area (Å²) in [6.45, 7) is 0.847. The number of benzene rings is 1. The second kappa shape index (κ2) is 8.03. The maximum Gasteiger partial charge on any atom is 0.243 e. The molecule has 6 rings (SSSR count). The van der Waals surface area contributed by atoms with Crippen molar-refractivity contribution in [1.29, 1.82) is 0 Å². The van der Waals surface area contributed by atoms with E-state index in [4.69, 9.17) is 9.47 Å². The number of hydrogen-bond acceptors (Lipinski definition) is 7. The van der Waals surface area contributed by atoms with Crippen LogP contribution in [0.5, 0.6) is 0 Å². The van der Waals surface area contributed by atoms with Gasteiger partial charge in [-0.25, -0.2) is 13.4 Å². The van der Waals surface area contributed by atoms with Crippen molar-refractivity contribution in [2.75, 3.05) is 18.7 Å². The molecule has 9 heteroatoms. The fourth-order valence-electron chi connectivity index (χ4n) is 4.48. The molecule has 0 saturated carbocycles. The van der Waals surface area contributed by atoms with Crippen molar-refractivity contribution >= 4 is 32.4 Å². The van der Waals surface area contributed by atoms with Crippen LogP contribution in [-0.2, 0) is 32.5 Å². The zero-order chi connectivity index (χ0) is 22.4. The topological polar surface area (TPSA) is 93.7 Å². The van der Waals surface area contributed by atoms with Crippen LogP contribution in [0.4, 0.5) is 11.5 Å². The molecule has 0 amide bonds. The number of para-hydroxylation sites is 1. The van der Waals surface area contributed by atoms with Gasteiger partial charge in [0.1, 0.15) is 24.8 Å². The zero-order valence-electron chi connectivity index (χ0n) is 17.7. The molecule has 168 valence electrons. The highest BCUT2D eigenvalue weighted by atomic mass is 32.2. The number of fused-ring (bicyclic) bond motifs is 3. The van der Waals surface area contributed by atoms with E-state index in [0.717, 1.165) is 33.5 Å². The molecule has 2 aromatic heterocycles. The van der Waals surface area contributed by atoms with Gasteiger partial charge in [0.05, 0.1) is 22.3 Å². The van der Waals surface area contributed by atoms with Gasteiger partial charge >= 0.3 is 0 Å². The van der Waals surface area contributed by atoms with Gasteiger partial charge < -0.3 is 14.8 Å². The van der Waals surface area contributed by atoms with Crippen LogP contribution in [0.25, 0.3) is 10.9 Å². The molecule has 8 nitrogen and oxygen atoms in total. The molecule has 4 heterocycles. The molecule has 1 aromatic carbocycles. The van der Waals surface area contributed by atoms with E-state index in [0.29, 0.717) is 19.5 Å². The summed E-state index contributed by atoms with van der Waals surface area (Å²) < 4.78 is 39.0. The van der Waals surface area contributed by atoms with E-state index in [-0.39, 0.29) is 23.9 Å². The zero-order valence-corrected chi connectivity index (χ0v) is 18.5. The first-order chi connectivity index (χ1) is 16.1. The minimum absolute atomic E-state index is 0.177. The summed E-state index contributed by atoms with van der Waals surface area (Å²) in [6, 6.07) is 11.9. The van der Waals surface area contributed by atoms with Crippen LogP contribution in [0.1, 0.15) is 11.1 Å². The molecule has 0 bridgehead atoms. The van der Waals surface area contributed by atoms with Gasteiger partial charge in [0.2, 0.25) is 10.0 Å². The van der Waals surface area contributed by atoms with Crippen molar-refractivity contribution in [2.45, 2.75) is 25.2 Å². The molecule has 1 fully saturated rings. The van der Waals surface area contributed by atoms with Crippen molar-refractivity contribution in [3.63, 3.8) is 0 Å². The van der Waals surface area contributed by atoms with Gasteiger partial charge in [-0.3, -0.25) is 4.98 Å². The molecule has 33 heavy (non-hydrogen) atoms. The standard InChI is InChI=1S/C24H22N4O4S/c29-33(30,19-5-6-22-23(12-19)32-15-31-22)28-10-8-20-17(14-28)7-9-25-24(20)27-18-11-16-3-1-2-4-21(16)26-13-18/h1-7,9,11-13,22-23H,8,10,14-15H2,(H,25,27). The molecule has 2 aliphatic heterocycles. The lowest BCUT2D eigenvalue weighted by molar-refractivity contribution is 0.0503. The van der Waals surface area contributed by atoms with E-state index >= 15 is 0 Å². The lowest BCUT2D eigenvalue weighted by Crippen LogP contribution is -2.37. The first kappa shape index (κ1) is 20.5. The van der Waals surface area contributed by atoms with Gasteiger partial charge in [0, 0.05) is 30.2 Å². The Morgan fingerprint density at radius 2 is 1.97 bits per heavy atom. The molecule has 3 aromatic rings. The number of anilines is 2. The maximum absolute atomic E-state index is 13.3. The lowest BCUT2D eigenvalue weighted by atomic mass is 10.0. The summed E-state index contributed by atoms with van der Waals surface area (Å²) in [4.78, 5) is 9.28. The number of pyridine rings is 2. The van der Waals surface area contributed by atoms with Crippen LogP contribution >= 0.6 is 0 Å². The van der Waals surface area contributed by atoms with E-state index in [9.17, 15) is 8.42 Å². The fraction of sp³-hybridized carbons (Fsp3) is 0.250. The van der Waals surface area contributed by atoms with E-state index in [2.05, 4.69) is 15.3 Å². The number of aromatic nitrogens is 2. The summed E-state index contributed by atoms with van der Waals surface area (Å²) in [7, 11) is -3.64. The van der Waals surface area contributed by atoms with Crippen molar-refractivity contribution in [2.24, 2.45) is 0 Å². The third kappa shape index (κ3) is 3.72. The smallest absolute Gasteiger partial charge is 0.243 e. The summed E-state index contributed by atoms with van der Waals surface area (Å²) in [5.41, 5.74) is 3.74. The predicted octanol–water partition coefficient (Wildman–Crippen LogP) is 3.26. The van der Waals surface area contributed by atoms with E-state index in [1.54, 1.807) is 30.6 Å². The second-order valence-corrected chi connectivity index (χ2v) is 10.2. The van der Waals surface area contributed by atoms with Crippen molar-refractivity contribution in [3.05, 3.63) is 83.1 Å². The van der Waals surface area contributed by atoms with Crippen LogP contribution < -0.4 is 5.32 Å². The summed E-state index contributed by atoms with van der Waals surface area (Å²) >= 11 is 0. The molecule has 2 atom stereocenters. The van der Waals surface area contributed by atoms with Gasteiger partial charge in [-0.1, -0.05) is 24.3 Å². The number of hydrogen-bond donors (Lipinski definition) is 1. The number of nitrogens with zero attached hydrogens (tertiary/aromatic N) is 3. The maximum atomic E-state index is 13.3. The van der Waals surface area contributed by atoms with Crippen LogP contribution in [0.15, 0.2) is 71.9 Å². The summed E-state index contributed by atoms with van der Waals surface area (Å²) in [5, 5.41) is 4.41. The first-order valence-corrected chi connectivity index (χ1v) is 12.2. The molecular weight excluding hydrogens is 440 g/mol. The third-order valence-electron chi connectivity index (χ3n) is 6.23. The minimum Gasteiger partial charge on any atom is -0.345 e. The van der Waals surface area contributed by atoms with Crippen LogP contribution in [0.3, 0.4) is 0 Å². The van der Waals surface area contributed by atoms with E-state index < -0.39 is 10.0 Å². The number of nitrogens with one attached hydrogen (secondary N) is 1. The van der Waals surface area contributed by atoms with Crippen molar-refractivity contribution in [1.82, 2.24) is 14.3 Å². The number of rotatable bonds is 4. The molecule has 1 saturated heterocycles. The van der Waals surface area contributed by atoms with Crippen molar-refractivity contribution < 1.29 is 17.9 Å². The Hall–Kier alpha value is -3.11. The van der Waals surface area contributed by atoms with E-state index in [1.165, 1.54) is 4.31 Å². The van der Waals surface area contributed by atoms with Crippen LogP contribution in [0, 0.1) is 0 Å². The highest BCUT2D eigenvalue weighted by Crippen LogP contribution is 2.32. The SMILES string of the molecule is O=S(=O)(C1=CC2OCOC2C=C1)N1CCc2c(ccnc2Nc2cnc3ccccc3c2)C1. The average molecular weight is 463 g/mol. The molecule has 0 spiro atoms. The van der Waals surface area contributed by atoms with E-state index in [1.807, 2.05) is 36.4 Å². The minimum atomic E-state index is -3.64. The Balaban J connectivity index is 1.25. The lowest BCUT2D eigenvalue weighted by Gasteiger charge is -2.30. The molecule has 0 radical (unpaired) electrons. The normalized spacial score (nSPS) is 22.6. The highest BCUT2D eigenvalue weighted by Gasteiger charge is 2.35. The van der Waals surface area contributed by atoms with Gasteiger partial charge in [0.15, 0.2) is 0 Å². The Morgan fingerprint density at radius 3 is 2.91 bits per heavy atom. The largest absolute Gasteiger partial charge is 0.345 e. The second-order valence-electron chi connectivity index (χ2n) is 8.24. The Kier molecular flexibility index (Phi) is 4.99. The molecule has 1 N–H and O–H groups in total. The Bertz CT molecular complexity index is 1400.